The highest BCUT2D eigenvalue weighted by atomic mass is 35.5. The van der Waals surface area contributed by atoms with Gasteiger partial charge in [0, 0.05) is 22.7 Å². The number of aromatic nitrogens is 1. The summed E-state index contributed by atoms with van der Waals surface area (Å²) in [5.41, 5.74) is 2.85. The number of nitrogens with zero attached hydrogens (tertiary/aromatic N) is 1. The number of anilines is 1. The minimum atomic E-state index is -0.432. The summed E-state index contributed by atoms with van der Waals surface area (Å²) in [5, 5.41) is 7.47. The highest BCUT2D eigenvalue weighted by Crippen LogP contribution is 2.32. The van der Waals surface area contributed by atoms with Crippen LogP contribution in [0.5, 0.6) is 5.75 Å². The lowest BCUT2D eigenvalue weighted by atomic mass is 10.1. The maximum absolute atomic E-state index is 12.3. The van der Waals surface area contributed by atoms with Crippen molar-refractivity contribution in [3.8, 4) is 5.75 Å². The lowest BCUT2D eigenvalue weighted by Gasteiger charge is -2.28. The van der Waals surface area contributed by atoms with Crippen LogP contribution in [0.1, 0.15) is 22.1 Å². The molecule has 2 N–H and O–H groups in total. The third-order valence-corrected chi connectivity index (χ3v) is 4.37. The molecule has 1 amide bonds. The zero-order valence-corrected chi connectivity index (χ0v) is 13.6. The van der Waals surface area contributed by atoms with Gasteiger partial charge < -0.3 is 15.4 Å². The van der Waals surface area contributed by atoms with Gasteiger partial charge >= 0.3 is 0 Å². The average Bonchev–Trinajstić information content (AvgIpc) is 2.60. The van der Waals surface area contributed by atoms with Gasteiger partial charge in [-0.3, -0.25) is 4.79 Å². The van der Waals surface area contributed by atoms with Gasteiger partial charge in [0.25, 0.3) is 5.91 Å². The van der Waals surface area contributed by atoms with Crippen LogP contribution in [0.25, 0.3) is 10.9 Å². The second-order valence-electron chi connectivity index (χ2n) is 5.52. The van der Waals surface area contributed by atoms with E-state index in [4.69, 9.17) is 16.3 Å². The number of nitrogens with one attached hydrogen (secondary N) is 2. The normalized spacial score (nSPS) is 16.2. The van der Waals surface area contributed by atoms with E-state index in [-0.39, 0.29) is 5.91 Å². The molecular formula is C18H14ClN3O2. The minimum absolute atomic E-state index is 0.139. The lowest BCUT2D eigenvalue weighted by molar-refractivity contribution is 0.0935. The monoisotopic (exact) mass is 339 g/mol. The van der Waals surface area contributed by atoms with Gasteiger partial charge in [-0.2, -0.15) is 0 Å². The molecule has 24 heavy (non-hydrogen) atoms. The first-order valence-electron chi connectivity index (χ1n) is 7.46. The fourth-order valence-corrected chi connectivity index (χ4v) is 3.09. The van der Waals surface area contributed by atoms with E-state index in [1.165, 1.54) is 0 Å². The standard InChI is InChI=1S/C18H14ClN3O2/c1-24-11-7-6-10-8-13(16(19)20-15(10)9-11)17-21-14-5-3-2-4-12(14)18(23)22-17/h2-9,17,21H,1H3,(H,22,23)/t17-/m1/s1. The van der Waals surface area contributed by atoms with Crippen LogP contribution < -0.4 is 15.4 Å². The molecule has 1 atom stereocenters. The third-order valence-electron chi connectivity index (χ3n) is 4.06. The number of hydrogen-bond donors (Lipinski definition) is 2. The molecule has 120 valence electrons. The van der Waals surface area contributed by atoms with Crippen molar-refractivity contribution in [2.24, 2.45) is 0 Å². The number of benzene rings is 2. The molecule has 6 heteroatoms. The second kappa shape index (κ2) is 5.69. The van der Waals surface area contributed by atoms with E-state index < -0.39 is 6.17 Å². The highest BCUT2D eigenvalue weighted by Gasteiger charge is 2.26. The third kappa shape index (κ3) is 2.43. The largest absolute Gasteiger partial charge is 0.497 e. The van der Waals surface area contributed by atoms with Gasteiger partial charge in [-0.1, -0.05) is 23.7 Å². The Hall–Kier alpha value is -2.79. The van der Waals surface area contributed by atoms with Gasteiger partial charge in [0.1, 0.15) is 17.1 Å². The zero-order chi connectivity index (χ0) is 16.7. The first-order valence-corrected chi connectivity index (χ1v) is 7.84. The van der Waals surface area contributed by atoms with Crippen LogP contribution in [-0.2, 0) is 0 Å². The summed E-state index contributed by atoms with van der Waals surface area (Å²) >= 11 is 6.36. The Morgan fingerprint density at radius 1 is 1.12 bits per heavy atom. The van der Waals surface area contributed by atoms with Crippen LogP contribution in [0.15, 0.2) is 48.5 Å². The fraction of sp³-hybridized carbons (Fsp3) is 0.111. The highest BCUT2D eigenvalue weighted by molar-refractivity contribution is 6.30. The van der Waals surface area contributed by atoms with Crippen molar-refractivity contribution in [2.75, 3.05) is 12.4 Å². The maximum atomic E-state index is 12.3. The number of pyridine rings is 1. The van der Waals surface area contributed by atoms with Gasteiger partial charge in [-0.25, -0.2) is 4.98 Å². The molecule has 2 aromatic carbocycles. The summed E-state index contributed by atoms with van der Waals surface area (Å²) in [6.45, 7) is 0. The summed E-state index contributed by atoms with van der Waals surface area (Å²) in [5.74, 6) is 0.581. The molecule has 0 radical (unpaired) electrons. The van der Waals surface area contributed by atoms with Crippen LogP contribution in [0.3, 0.4) is 0 Å². The molecule has 0 fully saturated rings. The van der Waals surface area contributed by atoms with Crippen molar-refractivity contribution in [3.63, 3.8) is 0 Å². The number of para-hydroxylation sites is 1. The Labute approximate surface area is 143 Å². The second-order valence-corrected chi connectivity index (χ2v) is 5.88. The SMILES string of the molecule is COc1ccc2cc([C@H]3NC(=O)c4ccccc4N3)c(Cl)nc2c1. The molecular weight excluding hydrogens is 326 g/mol. The van der Waals surface area contributed by atoms with Crippen molar-refractivity contribution in [2.45, 2.75) is 6.17 Å². The van der Waals surface area contributed by atoms with Crippen molar-refractivity contribution in [3.05, 3.63) is 64.8 Å². The Bertz CT molecular complexity index is 958. The molecule has 0 spiro atoms. The average molecular weight is 340 g/mol. The summed E-state index contributed by atoms with van der Waals surface area (Å²) in [7, 11) is 1.61. The van der Waals surface area contributed by atoms with Gasteiger partial charge in [-0.15, -0.1) is 0 Å². The molecule has 0 saturated carbocycles. The summed E-state index contributed by atoms with van der Waals surface area (Å²) < 4.78 is 5.21. The topological polar surface area (TPSA) is 63.2 Å². The smallest absolute Gasteiger partial charge is 0.255 e. The molecule has 1 aromatic heterocycles. The zero-order valence-electron chi connectivity index (χ0n) is 12.8. The van der Waals surface area contributed by atoms with Crippen LogP contribution in [0.4, 0.5) is 5.69 Å². The molecule has 0 saturated heterocycles. The molecule has 3 aromatic rings. The number of methoxy groups -OCH3 is 1. The van der Waals surface area contributed by atoms with Crippen LogP contribution in [0.2, 0.25) is 5.15 Å². The van der Waals surface area contributed by atoms with Gasteiger partial charge in [0.05, 0.1) is 18.2 Å². The Balaban J connectivity index is 1.77. The number of fused-ring (bicyclic) bond motifs is 2. The van der Waals surface area contributed by atoms with E-state index in [2.05, 4.69) is 15.6 Å². The Morgan fingerprint density at radius 2 is 1.96 bits per heavy atom. The molecule has 1 aliphatic rings. The van der Waals surface area contributed by atoms with Crippen molar-refractivity contribution in [1.29, 1.82) is 0 Å². The predicted octanol–water partition coefficient (Wildman–Crippen LogP) is 3.75. The van der Waals surface area contributed by atoms with E-state index in [1.807, 2.05) is 42.5 Å². The first-order chi connectivity index (χ1) is 11.7. The fourth-order valence-electron chi connectivity index (χ4n) is 2.83. The molecule has 5 nitrogen and oxygen atoms in total. The molecule has 0 aliphatic carbocycles. The number of hydrogen-bond acceptors (Lipinski definition) is 4. The Morgan fingerprint density at radius 3 is 2.79 bits per heavy atom. The molecule has 2 heterocycles. The summed E-state index contributed by atoms with van der Waals surface area (Å²) in [4.78, 5) is 16.7. The number of carbonyl (C=O) groups excluding carboxylic acids is 1. The number of halogens is 1. The van der Waals surface area contributed by atoms with E-state index in [0.29, 0.717) is 10.7 Å². The summed E-state index contributed by atoms with van der Waals surface area (Å²) in [6, 6.07) is 14.9. The van der Waals surface area contributed by atoms with Gasteiger partial charge in [-0.05, 0) is 30.3 Å². The quantitative estimate of drug-likeness (QED) is 0.698. The van der Waals surface area contributed by atoms with Crippen molar-refractivity contribution >= 4 is 34.1 Å². The number of amides is 1. The number of rotatable bonds is 2. The summed E-state index contributed by atoms with van der Waals surface area (Å²) in [6.07, 6.45) is -0.432. The molecule has 4 rings (SSSR count). The molecule has 0 bridgehead atoms. The van der Waals surface area contributed by atoms with E-state index in [1.54, 1.807) is 13.2 Å². The van der Waals surface area contributed by atoms with Gasteiger partial charge in [0.15, 0.2) is 0 Å². The van der Waals surface area contributed by atoms with E-state index in [0.717, 1.165) is 27.9 Å². The first kappa shape index (κ1) is 14.8. The van der Waals surface area contributed by atoms with Crippen LogP contribution >= 0.6 is 11.6 Å². The van der Waals surface area contributed by atoms with Gasteiger partial charge in [0.2, 0.25) is 0 Å². The number of ether oxygens (including phenoxy) is 1. The van der Waals surface area contributed by atoms with Crippen LogP contribution in [0, 0.1) is 0 Å². The lowest BCUT2D eigenvalue weighted by Crippen LogP contribution is -2.38. The number of carbonyl (C=O) groups is 1. The minimum Gasteiger partial charge on any atom is -0.497 e. The maximum Gasteiger partial charge on any atom is 0.255 e. The van der Waals surface area contributed by atoms with E-state index in [9.17, 15) is 4.79 Å². The van der Waals surface area contributed by atoms with Crippen molar-refractivity contribution in [1.82, 2.24) is 10.3 Å². The molecule has 0 unspecified atom stereocenters. The predicted molar refractivity (Wildman–Crippen MR) is 93.6 cm³/mol. The van der Waals surface area contributed by atoms with E-state index >= 15 is 0 Å². The Kier molecular flexibility index (Phi) is 3.50. The van der Waals surface area contributed by atoms with Crippen LogP contribution in [-0.4, -0.2) is 18.0 Å². The van der Waals surface area contributed by atoms with Crippen molar-refractivity contribution < 1.29 is 9.53 Å². The molecule has 1 aliphatic heterocycles.